The van der Waals surface area contributed by atoms with Crippen LogP contribution in [0.3, 0.4) is 0 Å². The molecule has 0 aliphatic carbocycles. The van der Waals surface area contributed by atoms with Crippen molar-refractivity contribution >= 4 is 23.3 Å². The number of piperazine rings is 1. The van der Waals surface area contributed by atoms with Crippen molar-refractivity contribution in [3.8, 4) is 0 Å². The van der Waals surface area contributed by atoms with Gasteiger partial charge < -0.3 is 15.5 Å². The number of nitrogens with one attached hydrogen (secondary N) is 2. The average molecular weight is 325 g/mol. The number of rotatable bonds is 6. The lowest BCUT2D eigenvalue weighted by molar-refractivity contribution is 0.133. The number of hydrogen-bond acceptors (Lipinski definition) is 3. The number of hydrogen-bond donors (Lipinski definition) is 2. The fourth-order valence-corrected chi connectivity index (χ4v) is 2.71. The summed E-state index contributed by atoms with van der Waals surface area (Å²) in [7, 11) is 0. The van der Waals surface area contributed by atoms with Crippen LogP contribution in [0.2, 0.25) is 5.02 Å². The summed E-state index contributed by atoms with van der Waals surface area (Å²) in [6.45, 7) is 9.39. The lowest BCUT2D eigenvalue weighted by Crippen LogP contribution is -2.48. The number of nitrogens with zero attached hydrogens (tertiary/aromatic N) is 2. The molecule has 1 saturated heterocycles. The molecular formula is C16H25ClN4O. The first-order chi connectivity index (χ1) is 10.7. The van der Waals surface area contributed by atoms with Crippen molar-refractivity contribution in [3.63, 3.8) is 0 Å². The average Bonchev–Trinajstić information content (AvgIpc) is 2.52. The molecule has 2 rings (SSSR count). The van der Waals surface area contributed by atoms with Gasteiger partial charge in [-0.15, -0.1) is 0 Å². The third-order valence-corrected chi connectivity index (χ3v) is 4.07. The lowest BCUT2D eigenvalue weighted by atomic mass is 10.3. The van der Waals surface area contributed by atoms with Gasteiger partial charge in [0.05, 0.1) is 0 Å². The Morgan fingerprint density at radius 3 is 2.27 bits per heavy atom. The molecule has 122 valence electrons. The van der Waals surface area contributed by atoms with E-state index >= 15 is 0 Å². The third kappa shape index (κ3) is 5.83. The van der Waals surface area contributed by atoms with E-state index in [4.69, 9.17) is 11.6 Å². The van der Waals surface area contributed by atoms with Crippen molar-refractivity contribution in [2.24, 2.45) is 0 Å². The number of anilines is 1. The molecule has 0 saturated carbocycles. The highest BCUT2D eigenvalue weighted by Crippen LogP contribution is 2.13. The molecule has 2 N–H and O–H groups in total. The molecule has 1 fully saturated rings. The van der Waals surface area contributed by atoms with Gasteiger partial charge in [0.25, 0.3) is 0 Å². The molecule has 1 aliphatic heterocycles. The summed E-state index contributed by atoms with van der Waals surface area (Å²) >= 11 is 5.81. The highest BCUT2D eigenvalue weighted by molar-refractivity contribution is 6.30. The monoisotopic (exact) mass is 324 g/mol. The van der Waals surface area contributed by atoms with Crippen LogP contribution >= 0.6 is 11.6 Å². The van der Waals surface area contributed by atoms with Crippen LogP contribution in [-0.4, -0.2) is 61.6 Å². The molecule has 1 aliphatic rings. The maximum atomic E-state index is 11.8. The fraction of sp³-hybridized carbons (Fsp3) is 0.562. The van der Waals surface area contributed by atoms with Gasteiger partial charge in [0.2, 0.25) is 0 Å². The van der Waals surface area contributed by atoms with Gasteiger partial charge in [0.15, 0.2) is 0 Å². The predicted molar refractivity (Wildman–Crippen MR) is 91.6 cm³/mol. The summed E-state index contributed by atoms with van der Waals surface area (Å²) in [4.78, 5) is 16.7. The smallest absolute Gasteiger partial charge is 0.319 e. The Bertz CT molecular complexity index is 458. The van der Waals surface area contributed by atoms with Crippen LogP contribution in [0.5, 0.6) is 0 Å². The van der Waals surface area contributed by atoms with Crippen molar-refractivity contribution < 1.29 is 4.79 Å². The minimum Gasteiger partial charge on any atom is -0.337 e. The van der Waals surface area contributed by atoms with E-state index in [1.807, 2.05) is 0 Å². The van der Waals surface area contributed by atoms with E-state index < -0.39 is 0 Å². The number of halogens is 1. The van der Waals surface area contributed by atoms with Crippen LogP contribution in [0.1, 0.15) is 13.3 Å². The Morgan fingerprint density at radius 1 is 1.09 bits per heavy atom. The molecule has 0 atom stereocenters. The summed E-state index contributed by atoms with van der Waals surface area (Å²) in [5, 5.41) is 6.35. The zero-order valence-corrected chi connectivity index (χ0v) is 13.9. The molecule has 0 radical (unpaired) electrons. The van der Waals surface area contributed by atoms with E-state index in [0.29, 0.717) is 11.6 Å². The number of carbonyl (C=O) groups excluding carboxylic acids is 1. The Kier molecular flexibility index (Phi) is 6.96. The van der Waals surface area contributed by atoms with E-state index in [0.717, 1.165) is 38.4 Å². The Labute approximate surface area is 137 Å². The Hall–Kier alpha value is -1.30. The second-order valence-corrected chi connectivity index (χ2v) is 6.01. The van der Waals surface area contributed by atoms with Crippen molar-refractivity contribution in [1.29, 1.82) is 0 Å². The van der Waals surface area contributed by atoms with E-state index in [2.05, 4.69) is 27.4 Å². The summed E-state index contributed by atoms with van der Waals surface area (Å²) in [5.41, 5.74) is 0.745. The van der Waals surface area contributed by atoms with Gasteiger partial charge >= 0.3 is 6.03 Å². The second kappa shape index (κ2) is 8.98. The maximum absolute atomic E-state index is 11.8. The van der Waals surface area contributed by atoms with Gasteiger partial charge in [-0.2, -0.15) is 0 Å². The molecule has 0 unspecified atom stereocenters. The molecule has 6 heteroatoms. The zero-order valence-electron chi connectivity index (χ0n) is 13.1. The van der Waals surface area contributed by atoms with E-state index in [1.165, 1.54) is 13.0 Å². The molecule has 1 aromatic carbocycles. The van der Waals surface area contributed by atoms with Crippen LogP contribution in [0.15, 0.2) is 24.3 Å². The number of amides is 2. The molecular weight excluding hydrogens is 300 g/mol. The quantitative estimate of drug-likeness (QED) is 0.845. The minimum absolute atomic E-state index is 0.174. The molecule has 0 aromatic heterocycles. The van der Waals surface area contributed by atoms with Gasteiger partial charge in [-0.05, 0) is 37.2 Å². The standard InChI is InChI=1S/C16H25ClN4O/c1-2-8-20-10-12-21(13-11-20)9-7-18-16(22)19-15-5-3-14(17)4-6-15/h3-6H,2,7-13H2,1H3,(H2,18,19,22). The van der Waals surface area contributed by atoms with Crippen LogP contribution in [0.25, 0.3) is 0 Å². The summed E-state index contributed by atoms with van der Waals surface area (Å²) in [5.74, 6) is 0. The van der Waals surface area contributed by atoms with Crippen molar-refractivity contribution in [3.05, 3.63) is 29.3 Å². The normalized spacial score (nSPS) is 16.5. The highest BCUT2D eigenvalue weighted by atomic mass is 35.5. The minimum atomic E-state index is -0.174. The molecule has 0 spiro atoms. The van der Waals surface area contributed by atoms with Gasteiger partial charge in [0, 0.05) is 50.0 Å². The predicted octanol–water partition coefficient (Wildman–Crippen LogP) is 2.49. The second-order valence-electron chi connectivity index (χ2n) is 5.57. The molecule has 1 heterocycles. The largest absolute Gasteiger partial charge is 0.337 e. The topological polar surface area (TPSA) is 47.6 Å². The van der Waals surface area contributed by atoms with Gasteiger partial charge in [-0.3, -0.25) is 4.90 Å². The number of urea groups is 1. The molecule has 22 heavy (non-hydrogen) atoms. The van der Waals surface area contributed by atoms with Crippen molar-refractivity contribution in [2.45, 2.75) is 13.3 Å². The molecule has 1 aromatic rings. The Balaban J connectivity index is 1.60. The number of carbonyl (C=O) groups is 1. The van der Waals surface area contributed by atoms with E-state index in [1.54, 1.807) is 24.3 Å². The van der Waals surface area contributed by atoms with Crippen molar-refractivity contribution in [2.75, 3.05) is 51.1 Å². The first kappa shape index (κ1) is 17.1. The first-order valence-electron chi connectivity index (χ1n) is 7.92. The lowest BCUT2D eigenvalue weighted by Gasteiger charge is -2.34. The summed E-state index contributed by atoms with van der Waals surface area (Å²) < 4.78 is 0. The molecule has 0 bridgehead atoms. The summed E-state index contributed by atoms with van der Waals surface area (Å²) in [6, 6.07) is 6.91. The van der Waals surface area contributed by atoms with Gasteiger partial charge in [0.1, 0.15) is 0 Å². The SMILES string of the molecule is CCCN1CCN(CCNC(=O)Nc2ccc(Cl)cc2)CC1. The molecule has 5 nitrogen and oxygen atoms in total. The zero-order chi connectivity index (χ0) is 15.8. The summed E-state index contributed by atoms with van der Waals surface area (Å²) in [6.07, 6.45) is 1.21. The highest BCUT2D eigenvalue weighted by Gasteiger charge is 2.15. The maximum Gasteiger partial charge on any atom is 0.319 e. The van der Waals surface area contributed by atoms with Crippen molar-refractivity contribution in [1.82, 2.24) is 15.1 Å². The van der Waals surface area contributed by atoms with E-state index in [-0.39, 0.29) is 6.03 Å². The van der Waals surface area contributed by atoms with Crippen LogP contribution < -0.4 is 10.6 Å². The Morgan fingerprint density at radius 2 is 1.68 bits per heavy atom. The third-order valence-electron chi connectivity index (χ3n) is 3.82. The van der Waals surface area contributed by atoms with Gasteiger partial charge in [-0.1, -0.05) is 18.5 Å². The molecule has 2 amide bonds. The first-order valence-corrected chi connectivity index (χ1v) is 8.30. The fourth-order valence-electron chi connectivity index (χ4n) is 2.59. The van der Waals surface area contributed by atoms with E-state index in [9.17, 15) is 4.79 Å². The van der Waals surface area contributed by atoms with Crippen LogP contribution in [0, 0.1) is 0 Å². The number of benzene rings is 1. The van der Waals surface area contributed by atoms with Crippen LogP contribution in [-0.2, 0) is 0 Å². The van der Waals surface area contributed by atoms with Crippen LogP contribution in [0.4, 0.5) is 10.5 Å². The van der Waals surface area contributed by atoms with Gasteiger partial charge in [-0.25, -0.2) is 4.79 Å².